The van der Waals surface area contributed by atoms with E-state index in [9.17, 15) is 9.59 Å². The van der Waals surface area contributed by atoms with Crippen molar-refractivity contribution < 1.29 is 14.3 Å². The highest BCUT2D eigenvalue weighted by atomic mass is 32.2. The third-order valence-electron chi connectivity index (χ3n) is 3.46. The molecular weight excluding hydrogens is 366 g/mol. The maximum absolute atomic E-state index is 12.4. The number of rotatable bonds is 7. The average molecular weight is 383 g/mol. The Balaban J connectivity index is 1.65. The molecule has 0 radical (unpaired) electrons. The van der Waals surface area contributed by atoms with Gasteiger partial charge in [-0.1, -0.05) is 42.5 Å². The lowest BCUT2D eigenvalue weighted by molar-refractivity contribution is -0.114. The maximum atomic E-state index is 12.4. The van der Waals surface area contributed by atoms with Crippen LogP contribution in [0.4, 0.5) is 0 Å². The van der Waals surface area contributed by atoms with E-state index in [1.54, 1.807) is 12.1 Å². The minimum absolute atomic E-state index is 0.0640. The summed E-state index contributed by atoms with van der Waals surface area (Å²) in [5.74, 6) is -0.0171. The Hall–Kier alpha value is -2.44. The summed E-state index contributed by atoms with van der Waals surface area (Å²) < 4.78 is 5.42. The number of benzene rings is 2. The first-order valence-electron chi connectivity index (χ1n) is 8.01. The van der Waals surface area contributed by atoms with Gasteiger partial charge in [0.2, 0.25) is 0 Å². The Morgan fingerprint density at radius 1 is 1.08 bits per heavy atom. The van der Waals surface area contributed by atoms with Crippen molar-refractivity contribution >= 4 is 34.9 Å². The first-order valence-corrected chi connectivity index (χ1v) is 9.88. The largest absolute Gasteiger partial charge is 0.456 e. The number of thiazole rings is 1. The average Bonchev–Trinajstić information content (AvgIpc) is 3.14. The lowest BCUT2D eigenvalue weighted by atomic mass is 10.2. The standard InChI is InChI=1S/C20H17NO3S2/c1-14(22)12-25-18-10-6-5-9-17(18)20(23)24-11-16-13-26-19(21-16)15-7-3-2-4-8-15/h2-10,13H,11-12H2,1H3. The first-order chi connectivity index (χ1) is 12.6. The SMILES string of the molecule is CC(=O)CSc1ccccc1C(=O)OCc1csc(-c2ccccc2)n1. The van der Waals surface area contributed by atoms with Gasteiger partial charge in [-0.3, -0.25) is 4.79 Å². The van der Waals surface area contributed by atoms with Gasteiger partial charge in [-0.05, 0) is 19.1 Å². The lowest BCUT2D eigenvalue weighted by Crippen LogP contribution is -2.07. The minimum Gasteiger partial charge on any atom is -0.456 e. The lowest BCUT2D eigenvalue weighted by Gasteiger charge is -2.08. The first kappa shape index (κ1) is 18.4. The van der Waals surface area contributed by atoms with Crippen LogP contribution in [-0.2, 0) is 16.1 Å². The van der Waals surface area contributed by atoms with E-state index in [0.717, 1.165) is 21.2 Å². The summed E-state index contributed by atoms with van der Waals surface area (Å²) in [6.45, 7) is 1.65. The molecule has 0 bridgehead atoms. The molecule has 0 unspecified atom stereocenters. The van der Waals surface area contributed by atoms with Crippen molar-refractivity contribution in [2.75, 3.05) is 5.75 Å². The Bertz CT molecular complexity index is 906. The van der Waals surface area contributed by atoms with Crippen LogP contribution in [0.1, 0.15) is 23.0 Å². The van der Waals surface area contributed by atoms with Gasteiger partial charge in [0.05, 0.1) is 17.0 Å². The van der Waals surface area contributed by atoms with Crippen LogP contribution in [-0.4, -0.2) is 22.5 Å². The quantitative estimate of drug-likeness (QED) is 0.431. The second-order valence-electron chi connectivity index (χ2n) is 5.57. The van der Waals surface area contributed by atoms with Crippen LogP contribution < -0.4 is 0 Å². The number of carbonyl (C=O) groups is 2. The van der Waals surface area contributed by atoms with Crippen molar-refractivity contribution in [1.82, 2.24) is 4.98 Å². The summed E-state index contributed by atoms with van der Waals surface area (Å²) in [5, 5.41) is 2.79. The molecule has 0 saturated carbocycles. The number of esters is 1. The van der Waals surface area contributed by atoms with E-state index in [1.807, 2.05) is 47.8 Å². The molecule has 132 valence electrons. The molecule has 0 aliphatic rings. The molecule has 2 aromatic carbocycles. The van der Waals surface area contributed by atoms with Crippen LogP contribution in [0.25, 0.3) is 10.6 Å². The number of thioether (sulfide) groups is 1. The predicted molar refractivity (Wildman–Crippen MR) is 105 cm³/mol. The third kappa shape index (κ3) is 4.80. The van der Waals surface area contributed by atoms with Crippen molar-refractivity contribution in [2.24, 2.45) is 0 Å². The van der Waals surface area contributed by atoms with Crippen LogP contribution in [0.5, 0.6) is 0 Å². The molecule has 0 spiro atoms. The van der Waals surface area contributed by atoms with Crippen LogP contribution in [0, 0.1) is 0 Å². The number of nitrogens with zero attached hydrogens (tertiary/aromatic N) is 1. The summed E-state index contributed by atoms with van der Waals surface area (Å²) in [5.41, 5.74) is 2.23. The van der Waals surface area contributed by atoms with E-state index < -0.39 is 5.97 Å². The fourth-order valence-corrected chi connectivity index (χ4v) is 3.90. The zero-order valence-electron chi connectivity index (χ0n) is 14.2. The van der Waals surface area contributed by atoms with Gasteiger partial charge in [-0.2, -0.15) is 0 Å². The van der Waals surface area contributed by atoms with E-state index in [2.05, 4.69) is 4.98 Å². The summed E-state index contributed by atoms with van der Waals surface area (Å²) in [6.07, 6.45) is 0. The van der Waals surface area contributed by atoms with Gasteiger partial charge < -0.3 is 4.74 Å². The van der Waals surface area contributed by atoms with Gasteiger partial charge in [0.25, 0.3) is 0 Å². The molecule has 0 N–H and O–H groups in total. The predicted octanol–water partition coefficient (Wildman–Crippen LogP) is 4.85. The molecule has 1 aromatic heterocycles. The molecule has 0 aliphatic heterocycles. The van der Waals surface area contributed by atoms with Crippen molar-refractivity contribution in [1.29, 1.82) is 0 Å². The van der Waals surface area contributed by atoms with Crippen LogP contribution >= 0.6 is 23.1 Å². The number of hydrogen-bond donors (Lipinski definition) is 0. The van der Waals surface area contributed by atoms with E-state index in [4.69, 9.17) is 4.74 Å². The van der Waals surface area contributed by atoms with Crippen LogP contribution in [0.3, 0.4) is 0 Å². The summed E-state index contributed by atoms with van der Waals surface area (Å²) >= 11 is 2.86. The van der Waals surface area contributed by atoms with E-state index in [1.165, 1.54) is 30.0 Å². The normalized spacial score (nSPS) is 10.5. The van der Waals surface area contributed by atoms with Crippen molar-refractivity contribution in [3.63, 3.8) is 0 Å². The molecule has 6 heteroatoms. The number of ether oxygens (including phenoxy) is 1. The zero-order chi connectivity index (χ0) is 18.4. The highest BCUT2D eigenvalue weighted by molar-refractivity contribution is 8.00. The van der Waals surface area contributed by atoms with Crippen LogP contribution in [0.15, 0.2) is 64.9 Å². The number of hydrogen-bond acceptors (Lipinski definition) is 6. The molecule has 0 aliphatic carbocycles. The fraction of sp³-hybridized carbons (Fsp3) is 0.150. The maximum Gasteiger partial charge on any atom is 0.339 e. The molecule has 26 heavy (non-hydrogen) atoms. The number of Topliss-reactive ketones (excluding diaryl/α,β-unsaturated/α-hetero) is 1. The molecule has 4 nitrogen and oxygen atoms in total. The molecule has 0 fully saturated rings. The summed E-state index contributed by atoms with van der Waals surface area (Å²) in [7, 11) is 0. The molecule has 0 atom stereocenters. The van der Waals surface area contributed by atoms with Gasteiger partial charge in [-0.15, -0.1) is 23.1 Å². The second kappa shape index (κ2) is 8.78. The number of ketones is 1. The minimum atomic E-state index is -0.411. The van der Waals surface area contributed by atoms with E-state index >= 15 is 0 Å². The van der Waals surface area contributed by atoms with Gasteiger partial charge in [0.1, 0.15) is 17.4 Å². The van der Waals surface area contributed by atoms with Gasteiger partial charge in [-0.25, -0.2) is 9.78 Å². The van der Waals surface area contributed by atoms with Gasteiger partial charge >= 0.3 is 5.97 Å². The molecule has 1 heterocycles. The zero-order valence-corrected chi connectivity index (χ0v) is 15.8. The smallest absolute Gasteiger partial charge is 0.339 e. The van der Waals surface area contributed by atoms with Crippen molar-refractivity contribution in [2.45, 2.75) is 18.4 Å². The Morgan fingerprint density at radius 3 is 2.58 bits per heavy atom. The van der Waals surface area contributed by atoms with Gasteiger partial charge in [0, 0.05) is 15.8 Å². The fourth-order valence-electron chi connectivity index (χ4n) is 2.24. The molecule has 0 amide bonds. The summed E-state index contributed by atoms with van der Waals surface area (Å²) in [6, 6.07) is 17.0. The Labute approximate surface area is 160 Å². The molecule has 3 aromatic rings. The van der Waals surface area contributed by atoms with E-state index in [-0.39, 0.29) is 12.4 Å². The monoisotopic (exact) mass is 383 g/mol. The van der Waals surface area contributed by atoms with Crippen LogP contribution in [0.2, 0.25) is 0 Å². The van der Waals surface area contributed by atoms with Crippen molar-refractivity contribution in [3.8, 4) is 10.6 Å². The highest BCUT2D eigenvalue weighted by Gasteiger charge is 2.14. The molecule has 3 rings (SSSR count). The molecule has 0 saturated heterocycles. The Morgan fingerprint density at radius 2 is 1.81 bits per heavy atom. The molecular formula is C20H17NO3S2. The van der Waals surface area contributed by atoms with E-state index in [0.29, 0.717) is 11.3 Å². The Kier molecular flexibility index (Phi) is 6.20. The highest BCUT2D eigenvalue weighted by Crippen LogP contribution is 2.25. The second-order valence-corrected chi connectivity index (χ2v) is 7.45. The topological polar surface area (TPSA) is 56.3 Å². The van der Waals surface area contributed by atoms with Gasteiger partial charge in [0.15, 0.2) is 0 Å². The number of aromatic nitrogens is 1. The van der Waals surface area contributed by atoms with Crippen molar-refractivity contribution in [3.05, 3.63) is 71.2 Å². The third-order valence-corrected chi connectivity index (χ3v) is 5.62. The number of carbonyl (C=O) groups excluding carboxylic acids is 2. The summed E-state index contributed by atoms with van der Waals surface area (Å²) in [4.78, 5) is 28.9.